The van der Waals surface area contributed by atoms with Crippen LogP contribution in [0.4, 0.5) is 10.1 Å². The van der Waals surface area contributed by atoms with Crippen LogP contribution >= 0.6 is 11.6 Å². The molecule has 0 fully saturated rings. The van der Waals surface area contributed by atoms with E-state index in [1.165, 1.54) is 17.7 Å². The third-order valence-electron chi connectivity index (χ3n) is 4.60. The summed E-state index contributed by atoms with van der Waals surface area (Å²) in [6.45, 7) is 3.00. The zero-order chi connectivity index (χ0) is 22.0. The summed E-state index contributed by atoms with van der Waals surface area (Å²) >= 11 is 5.78. The van der Waals surface area contributed by atoms with Crippen molar-refractivity contribution in [3.63, 3.8) is 0 Å². The van der Waals surface area contributed by atoms with Gasteiger partial charge in [0, 0.05) is 12.1 Å². The van der Waals surface area contributed by atoms with Crippen molar-refractivity contribution in [2.24, 2.45) is 7.05 Å². The normalized spacial score (nSPS) is 11.8. The van der Waals surface area contributed by atoms with E-state index in [9.17, 15) is 18.8 Å². The largest absolute Gasteiger partial charge is 0.449 e. The molecule has 0 aliphatic heterocycles. The van der Waals surface area contributed by atoms with Crippen LogP contribution in [0.3, 0.4) is 0 Å². The maximum atomic E-state index is 13.8. The molecule has 0 aliphatic carbocycles. The number of ether oxygens (including phenoxy) is 1. The Morgan fingerprint density at radius 3 is 2.50 bits per heavy atom. The standard InChI is InChI=1S/C21H19ClFN3O4/c1-12-18(20(28)26(25(12)3)15-7-5-4-6-8-15)24-19(27)13(2)30-21(29)16-11-14(22)9-10-17(16)23/h4-11,13H,1-3H3,(H,24,27). The quantitative estimate of drug-likeness (QED) is 0.627. The van der Waals surface area contributed by atoms with Gasteiger partial charge in [0.25, 0.3) is 11.5 Å². The van der Waals surface area contributed by atoms with Crippen molar-refractivity contribution in [1.29, 1.82) is 0 Å². The fourth-order valence-corrected chi connectivity index (χ4v) is 3.04. The van der Waals surface area contributed by atoms with Crippen LogP contribution in [-0.4, -0.2) is 27.3 Å². The van der Waals surface area contributed by atoms with Gasteiger partial charge in [-0.15, -0.1) is 0 Å². The van der Waals surface area contributed by atoms with Gasteiger partial charge in [-0.05, 0) is 44.2 Å². The van der Waals surface area contributed by atoms with Crippen LogP contribution in [0.2, 0.25) is 5.02 Å². The molecule has 3 rings (SSSR count). The lowest BCUT2D eigenvalue weighted by atomic mass is 10.2. The number of hydrogen-bond donors (Lipinski definition) is 1. The Hall–Kier alpha value is -3.39. The average Bonchev–Trinajstić information content (AvgIpc) is 2.93. The van der Waals surface area contributed by atoms with Gasteiger partial charge in [0.15, 0.2) is 6.10 Å². The highest BCUT2D eigenvalue weighted by atomic mass is 35.5. The van der Waals surface area contributed by atoms with E-state index in [0.717, 1.165) is 12.1 Å². The third kappa shape index (κ3) is 4.13. The van der Waals surface area contributed by atoms with E-state index in [4.69, 9.17) is 16.3 Å². The number of amides is 1. The summed E-state index contributed by atoms with van der Waals surface area (Å²) in [4.78, 5) is 37.6. The van der Waals surface area contributed by atoms with Crippen molar-refractivity contribution in [3.05, 3.63) is 81.0 Å². The molecule has 0 radical (unpaired) electrons. The van der Waals surface area contributed by atoms with Crippen LogP contribution in [0.1, 0.15) is 23.0 Å². The van der Waals surface area contributed by atoms with Crippen LogP contribution in [0, 0.1) is 12.7 Å². The van der Waals surface area contributed by atoms with E-state index >= 15 is 0 Å². The van der Waals surface area contributed by atoms with Crippen LogP contribution in [0.15, 0.2) is 53.3 Å². The summed E-state index contributed by atoms with van der Waals surface area (Å²) in [6, 6.07) is 12.4. The summed E-state index contributed by atoms with van der Waals surface area (Å²) in [7, 11) is 1.69. The molecular weight excluding hydrogens is 413 g/mol. The monoisotopic (exact) mass is 431 g/mol. The highest BCUT2D eigenvalue weighted by Gasteiger charge is 2.24. The van der Waals surface area contributed by atoms with Crippen molar-refractivity contribution < 1.29 is 18.7 Å². The first-order valence-electron chi connectivity index (χ1n) is 9.01. The van der Waals surface area contributed by atoms with Gasteiger partial charge in [-0.2, -0.15) is 0 Å². The molecule has 30 heavy (non-hydrogen) atoms. The highest BCUT2D eigenvalue weighted by Crippen LogP contribution is 2.18. The zero-order valence-corrected chi connectivity index (χ0v) is 17.2. The lowest BCUT2D eigenvalue weighted by Crippen LogP contribution is -2.32. The molecule has 0 spiro atoms. The van der Waals surface area contributed by atoms with Gasteiger partial charge < -0.3 is 10.1 Å². The van der Waals surface area contributed by atoms with Crippen LogP contribution in [0.5, 0.6) is 0 Å². The lowest BCUT2D eigenvalue weighted by molar-refractivity contribution is -0.123. The number of halogens is 2. The second kappa shape index (κ2) is 8.54. The molecule has 0 bridgehead atoms. The molecule has 1 amide bonds. The maximum absolute atomic E-state index is 13.8. The Kier molecular flexibility index (Phi) is 6.07. The molecule has 7 nitrogen and oxygen atoms in total. The van der Waals surface area contributed by atoms with E-state index in [0.29, 0.717) is 11.4 Å². The maximum Gasteiger partial charge on any atom is 0.341 e. The molecule has 1 atom stereocenters. The van der Waals surface area contributed by atoms with Gasteiger partial charge in [-0.1, -0.05) is 29.8 Å². The number of hydrogen-bond acceptors (Lipinski definition) is 4. The Morgan fingerprint density at radius 2 is 1.83 bits per heavy atom. The van der Waals surface area contributed by atoms with E-state index in [2.05, 4.69) is 5.32 Å². The minimum absolute atomic E-state index is 0.0585. The number of benzene rings is 2. The first kappa shape index (κ1) is 21.3. The molecular formula is C21H19ClFN3O4. The SMILES string of the molecule is Cc1c(NC(=O)C(C)OC(=O)c2cc(Cl)ccc2F)c(=O)n(-c2ccccc2)n1C. The number of esters is 1. The van der Waals surface area contributed by atoms with Gasteiger partial charge in [0.1, 0.15) is 11.5 Å². The number of nitrogens with one attached hydrogen (secondary N) is 1. The predicted octanol–water partition coefficient (Wildman–Crippen LogP) is 3.46. The minimum Gasteiger partial charge on any atom is -0.449 e. The number of nitrogens with zero attached hydrogens (tertiary/aromatic N) is 2. The summed E-state index contributed by atoms with van der Waals surface area (Å²) in [5.74, 6) is -2.58. The van der Waals surface area contributed by atoms with E-state index in [1.54, 1.807) is 42.9 Å². The van der Waals surface area contributed by atoms with Crippen molar-refractivity contribution in [2.75, 3.05) is 5.32 Å². The van der Waals surface area contributed by atoms with Crippen LogP contribution < -0.4 is 10.9 Å². The summed E-state index contributed by atoms with van der Waals surface area (Å²) in [6.07, 6.45) is -1.28. The fraction of sp³-hybridized carbons (Fsp3) is 0.190. The molecule has 3 aromatic rings. The highest BCUT2D eigenvalue weighted by molar-refractivity contribution is 6.30. The van der Waals surface area contributed by atoms with Gasteiger partial charge in [-0.3, -0.25) is 14.3 Å². The molecule has 156 valence electrons. The first-order valence-corrected chi connectivity index (χ1v) is 9.39. The van der Waals surface area contributed by atoms with Crippen molar-refractivity contribution >= 4 is 29.2 Å². The minimum atomic E-state index is -1.28. The molecule has 1 heterocycles. The van der Waals surface area contributed by atoms with Crippen LogP contribution in [-0.2, 0) is 16.6 Å². The lowest BCUT2D eigenvalue weighted by Gasteiger charge is -2.13. The fourth-order valence-electron chi connectivity index (χ4n) is 2.87. The molecule has 1 unspecified atom stereocenters. The molecule has 2 aromatic carbocycles. The number of para-hydroxylation sites is 1. The Labute approximate surface area is 176 Å². The van der Waals surface area contributed by atoms with Gasteiger partial charge in [0.2, 0.25) is 0 Å². The van der Waals surface area contributed by atoms with E-state index in [1.807, 2.05) is 6.07 Å². The number of anilines is 1. The second-order valence-electron chi connectivity index (χ2n) is 6.60. The molecule has 1 aromatic heterocycles. The predicted molar refractivity (Wildman–Crippen MR) is 111 cm³/mol. The van der Waals surface area contributed by atoms with E-state index in [-0.39, 0.29) is 16.3 Å². The Bertz CT molecular complexity index is 1170. The number of carbonyl (C=O) groups excluding carboxylic acids is 2. The number of rotatable bonds is 5. The number of aromatic nitrogens is 2. The summed E-state index contributed by atoms with van der Waals surface area (Å²) < 4.78 is 21.9. The van der Waals surface area contributed by atoms with E-state index < -0.39 is 29.4 Å². The second-order valence-corrected chi connectivity index (χ2v) is 7.03. The van der Waals surface area contributed by atoms with Gasteiger partial charge in [-0.25, -0.2) is 13.9 Å². The topological polar surface area (TPSA) is 82.3 Å². The Morgan fingerprint density at radius 1 is 1.17 bits per heavy atom. The van der Waals surface area contributed by atoms with Gasteiger partial charge in [0.05, 0.1) is 16.9 Å². The van der Waals surface area contributed by atoms with Gasteiger partial charge >= 0.3 is 5.97 Å². The summed E-state index contributed by atoms with van der Waals surface area (Å²) in [5, 5.41) is 2.66. The summed E-state index contributed by atoms with van der Waals surface area (Å²) in [5.41, 5.74) is 0.378. The van der Waals surface area contributed by atoms with Crippen molar-refractivity contribution in [2.45, 2.75) is 20.0 Å². The smallest absolute Gasteiger partial charge is 0.341 e. The van der Waals surface area contributed by atoms with Crippen molar-refractivity contribution in [3.8, 4) is 5.69 Å². The molecule has 0 saturated carbocycles. The zero-order valence-electron chi connectivity index (χ0n) is 16.5. The molecule has 0 aliphatic rings. The average molecular weight is 432 g/mol. The molecule has 1 N–H and O–H groups in total. The van der Waals surface area contributed by atoms with Crippen molar-refractivity contribution in [1.82, 2.24) is 9.36 Å². The number of carbonyl (C=O) groups is 2. The molecule has 9 heteroatoms. The Balaban J connectivity index is 1.80. The third-order valence-corrected chi connectivity index (χ3v) is 4.84. The first-order chi connectivity index (χ1) is 14.2. The van der Waals surface area contributed by atoms with Crippen LogP contribution in [0.25, 0.3) is 5.69 Å². The molecule has 0 saturated heterocycles.